The predicted octanol–water partition coefficient (Wildman–Crippen LogP) is 3.25. The van der Waals surface area contributed by atoms with Gasteiger partial charge in [0.2, 0.25) is 15.9 Å². The molecule has 0 fully saturated rings. The van der Waals surface area contributed by atoms with Crippen molar-refractivity contribution < 1.29 is 18.3 Å². The molecule has 1 amide bonds. The minimum absolute atomic E-state index is 0.139. The summed E-state index contributed by atoms with van der Waals surface area (Å²) in [5.41, 5.74) is 0.975. The van der Waals surface area contributed by atoms with Gasteiger partial charge in [0, 0.05) is 5.39 Å². The van der Waals surface area contributed by atoms with Gasteiger partial charge >= 0.3 is 0 Å². The van der Waals surface area contributed by atoms with E-state index >= 15 is 0 Å². The third-order valence-corrected chi connectivity index (χ3v) is 7.21. The minimum atomic E-state index is -3.96. The zero-order chi connectivity index (χ0) is 23.1. The molecule has 0 aromatic heterocycles. The number of hydrogen-bond donors (Lipinski definition) is 3. The molecule has 3 aromatic rings. The summed E-state index contributed by atoms with van der Waals surface area (Å²) in [5.74, 6) is -0.686. The van der Waals surface area contributed by atoms with Gasteiger partial charge < -0.3 is 10.4 Å². The first-order valence-corrected chi connectivity index (χ1v) is 12.3. The summed E-state index contributed by atoms with van der Waals surface area (Å²) in [4.78, 5) is 13.3. The van der Waals surface area contributed by atoms with Gasteiger partial charge in [0.05, 0.1) is 17.5 Å². The van der Waals surface area contributed by atoms with Gasteiger partial charge in [-0.3, -0.25) is 4.79 Å². The monoisotopic (exact) mass is 454 g/mol. The fourth-order valence-corrected chi connectivity index (χ4v) is 5.21. The summed E-state index contributed by atoms with van der Waals surface area (Å²) in [6.45, 7) is 3.50. The number of aliphatic hydroxyl groups is 1. The topological polar surface area (TPSA) is 95.5 Å². The van der Waals surface area contributed by atoms with Crippen LogP contribution >= 0.6 is 0 Å². The number of rotatable bonds is 10. The molecule has 170 valence electrons. The van der Waals surface area contributed by atoms with Crippen molar-refractivity contribution in [3.63, 3.8) is 0 Å². The molecule has 0 unspecified atom stereocenters. The van der Waals surface area contributed by atoms with Gasteiger partial charge in [-0.2, -0.15) is 4.72 Å². The van der Waals surface area contributed by atoms with Crippen LogP contribution in [0.2, 0.25) is 0 Å². The summed E-state index contributed by atoms with van der Waals surface area (Å²) in [6.07, 6.45) is 1.06. The average molecular weight is 455 g/mol. The van der Waals surface area contributed by atoms with Gasteiger partial charge in [0.25, 0.3) is 0 Å². The van der Waals surface area contributed by atoms with E-state index in [1.807, 2.05) is 62.4 Å². The van der Waals surface area contributed by atoms with Crippen LogP contribution in [-0.2, 0) is 21.2 Å². The Kier molecular flexibility index (Phi) is 8.01. The Hall–Kier alpha value is -2.74. The Morgan fingerprint density at radius 3 is 2.31 bits per heavy atom. The zero-order valence-electron chi connectivity index (χ0n) is 18.4. The molecule has 3 rings (SSSR count). The Bertz CT molecular complexity index is 1140. The highest BCUT2D eigenvalue weighted by atomic mass is 32.2. The van der Waals surface area contributed by atoms with E-state index in [9.17, 15) is 18.3 Å². The van der Waals surface area contributed by atoms with Gasteiger partial charge in [0.1, 0.15) is 6.04 Å². The van der Waals surface area contributed by atoms with Crippen LogP contribution in [0.3, 0.4) is 0 Å². The molecular weight excluding hydrogens is 424 g/mol. The number of nitrogens with one attached hydrogen (secondary N) is 2. The second-order valence-electron chi connectivity index (χ2n) is 8.04. The SMILES string of the molecule is CC[C@H](C)[C@H](NS(=O)(=O)c1cccc2ccccc12)C(=O)N[C@H](CO)Cc1ccccc1. The molecule has 0 saturated carbocycles. The molecule has 6 nitrogen and oxygen atoms in total. The number of amides is 1. The highest BCUT2D eigenvalue weighted by molar-refractivity contribution is 7.89. The molecule has 0 aliphatic heterocycles. The van der Waals surface area contributed by atoms with Crippen molar-refractivity contribution in [1.29, 1.82) is 0 Å². The fraction of sp³-hybridized carbons (Fsp3) is 0.320. The van der Waals surface area contributed by atoms with Crippen molar-refractivity contribution in [2.24, 2.45) is 5.92 Å². The van der Waals surface area contributed by atoms with E-state index < -0.39 is 28.0 Å². The highest BCUT2D eigenvalue weighted by Gasteiger charge is 2.31. The smallest absolute Gasteiger partial charge is 0.241 e. The van der Waals surface area contributed by atoms with E-state index in [0.29, 0.717) is 18.2 Å². The summed E-state index contributed by atoms with van der Waals surface area (Å²) < 4.78 is 29.2. The number of fused-ring (bicyclic) bond motifs is 1. The van der Waals surface area contributed by atoms with Gasteiger partial charge in [0.15, 0.2) is 0 Å². The largest absolute Gasteiger partial charge is 0.394 e. The zero-order valence-corrected chi connectivity index (χ0v) is 19.2. The maximum Gasteiger partial charge on any atom is 0.241 e. The van der Waals surface area contributed by atoms with Crippen molar-refractivity contribution in [2.45, 2.75) is 43.7 Å². The number of carbonyl (C=O) groups excluding carboxylic acids is 1. The van der Waals surface area contributed by atoms with Crippen molar-refractivity contribution >= 4 is 26.7 Å². The second kappa shape index (κ2) is 10.7. The first kappa shape index (κ1) is 23.9. The van der Waals surface area contributed by atoms with Crippen molar-refractivity contribution in [3.05, 3.63) is 78.4 Å². The van der Waals surface area contributed by atoms with Gasteiger partial charge in [-0.1, -0.05) is 87.0 Å². The first-order valence-electron chi connectivity index (χ1n) is 10.8. The van der Waals surface area contributed by atoms with Crippen LogP contribution in [0.4, 0.5) is 0 Å². The third kappa shape index (κ3) is 5.73. The molecule has 3 N–H and O–H groups in total. The Morgan fingerprint density at radius 2 is 1.62 bits per heavy atom. The van der Waals surface area contributed by atoms with E-state index in [1.54, 1.807) is 24.3 Å². The van der Waals surface area contributed by atoms with Crippen LogP contribution in [0, 0.1) is 5.92 Å². The quantitative estimate of drug-likeness (QED) is 0.438. The molecule has 0 saturated heterocycles. The van der Waals surface area contributed by atoms with Gasteiger partial charge in [-0.15, -0.1) is 0 Å². The maximum absolute atomic E-state index is 13.3. The van der Waals surface area contributed by atoms with E-state index in [2.05, 4.69) is 10.0 Å². The highest BCUT2D eigenvalue weighted by Crippen LogP contribution is 2.23. The van der Waals surface area contributed by atoms with Crippen LogP contribution in [0.25, 0.3) is 10.8 Å². The summed E-state index contributed by atoms with van der Waals surface area (Å²) in [6, 6.07) is 20.4. The number of aliphatic hydroxyl groups excluding tert-OH is 1. The molecule has 0 radical (unpaired) electrons. The normalized spacial score (nSPS) is 14.6. The van der Waals surface area contributed by atoms with Crippen LogP contribution in [-0.4, -0.2) is 38.1 Å². The van der Waals surface area contributed by atoms with E-state index in [1.165, 1.54) is 0 Å². The molecule has 3 atom stereocenters. The fourth-order valence-electron chi connectivity index (χ4n) is 3.68. The Morgan fingerprint density at radius 1 is 0.969 bits per heavy atom. The van der Waals surface area contributed by atoms with E-state index in [4.69, 9.17) is 0 Å². The van der Waals surface area contributed by atoms with Crippen LogP contribution in [0.15, 0.2) is 77.7 Å². The average Bonchev–Trinajstić information content (AvgIpc) is 2.81. The lowest BCUT2D eigenvalue weighted by Gasteiger charge is -2.26. The molecule has 3 aromatic carbocycles. The lowest BCUT2D eigenvalue weighted by molar-refractivity contribution is -0.124. The van der Waals surface area contributed by atoms with E-state index in [0.717, 1.165) is 10.9 Å². The third-order valence-electron chi connectivity index (χ3n) is 5.71. The lowest BCUT2D eigenvalue weighted by atomic mass is 9.98. The standard InChI is InChI=1S/C25H30N2O4S/c1-3-18(2)24(25(29)26-21(17-28)16-19-10-5-4-6-11-19)27-32(30,31)23-15-9-13-20-12-7-8-14-22(20)23/h4-15,18,21,24,27-28H,3,16-17H2,1-2H3,(H,26,29)/t18-,21-,24-/m0/s1. The summed E-state index contributed by atoms with van der Waals surface area (Å²) in [5, 5.41) is 14.0. The van der Waals surface area contributed by atoms with Crippen LogP contribution < -0.4 is 10.0 Å². The number of benzene rings is 3. The molecule has 0 aliphatic rings. The number of hydrogen-bond acceptors (Lipinski definition) is 4. The van der Waals surface area contributed by atoms with Gasteiger partial charge in [-0.05, 0) is 29.4 Å². The van der Waals surface area contributed by atoms with Crippen molar-refractivity contribution in [1.82, 2.24) is 10.0 Å². The predicted molar refractivity (Wildman–Crippen MR) is 127 cm³/mol. The number of sulfonamides is 1. The Labute approximate surface area is 189 Å². The molecule has 7 heteroatoms. The second-order valence-corrected chi connectivity index (χ2v) is 9.72. The summed E-state index contributed by atoms with van der Waals surface area (Å²) >= 11 is 0. The van der Waals surface area contributed by atoms with Gasteiger partial charge in [-0.25, -0.2) is 8.42 Å². The Balaban J connectivity index is 1.83. The van der Waals surface area contributed by atoms with Crippen LogP contribution in [0.1, 0.15) is 25.8 Å². The molecular formula is C25H30N2O4S. The van der Waals surface area contributed by atoms with E-state index in [-0.39, 0.29) is 17.4 Å². The molecule has 0 bridgehead atoms. The summed E-state index contributed by atoms with van der Waals surface area (Å²) in [7, 11) is -3.96. The van der Waals surface area contributed by atoms with Crippen molar-refractivity contribution in [2.75, 3.05) is 6.61 Å². The van der Waals surface area contributed by atoms with Crippen LogP contribution in [0.5, 0.6) is 0 Å². The molecule has 32 heavy (non-hydrogen) atoms. The molecule has 0 heterocycles. The first-order chi connectivity index (χ1) is 15.4. The molecule has 0 aliphatic carbocycles. The maximum atomic E-state index is 13.3. The molecule has 0 spiro atoms. The van der Waals surface area contributed by atoms with Crippen molar-refractivity contribution in [3.8, 4) is 0 Å². The lowest BCUT2D eigenvalue weighted by Crippen LogP contribution is -2.53. The number of carbonyl (C=O) groups is 1. The minimum Gasteiger partial charge on any atom is -0.394 e.